The summed E-state index contributed by atoms with van der Waals surface area (Å²) in [5.41, 5.74) is 1.09. The maximum absolute atomic E-state index is 4.40. The average Bonchev–Trinajstić information content (AvgIpc) is 3.08. The van der Waals surface area contributed by atoms with Crippen LogP contribution in [0.25, 0.3) is 0 Å². The molecule has 0 fully saturated rings. The molecule has 0 bridgehead atoms. The molecule has 0 aliphatic rings. The Hall–Kier alpha value is -1.34. The van der Waals surface area contributed by atoms with E-state index in [1.54, 1.807) is 6.33 Å². The molecule has 0 amide bonds. The number of nitrogens with zero attached hydrogens (tertiary/aromatic N) is 5. The van der Waals surface area contributed by atoms with E-state index in [-0.39, 0.29) is 6.04 Å². The molecule has 1 atom stereocenters. The number of rotatable bonds is 8. The Kier molecular flexibility index (Phi) is 5.60. The van der Waals surface area contributed by atoms with Crippen LogP contribution in [0.1, 0.15) is 49.6 Å². The first-order valence-electron chi connectivity index (χ1n) is 7.21. The highest BCUT2D eigenvalue weighted by atomic mass is 32.1. The maximum atomic E-state index is 4.40. The Labute approximate surface area is 123 Å². The summed E-state index contributed by atoms with van der Waals surface area (Å²) in [6.07, 6.45) is 4.43. The third kappa shape index (κ3) is 3.40. The van der Waals surface area contributed by atoms with Crippen molar-refractivity contribution in [3.63, 3.8) is 0 Å². The van der Waals surface area contributed by atoms with E-state index in [1.807, 2.05) is 4.68 Å². The fraction of sp³-hybridized carbons (Fsp3) is 0.692. The van der Waals surface area contributed by atoms with E-state index in [2.05, 4.69) is 45.8 Å². The zero-order valence-corrected chi connectivity index (χ0v) is 13.2. The minimum Gasteiger partial charge on any atom is -0.309 e. The standard InChI is InChI=1S/C13H22N6S/c1-4-7-19-12(15-9-16-19)8-11(14-6-3)13-10(5-2)17-18-20-13/h9,11,14H,4-8H2,1-3H3. The maximum Gasteiger partial charge on any atom is 0.138 e. The van der Waals surface area contributed by atoms with Gasteiger partial charge in [-0.1, -0.05) is 25.3 Å². The number of nitrogens with one attached hydrogen (secondary N) is 1. The topological polar surface area (TPSA) is 68.5 Å². The summed E-state index contributed by atoms with van der Waals surface area (Å²) < 4.78 is 6.08. The van der Waals surface area contributed by atoms with Gasteiger partial charge in [0.15, 0.2) is 0 Å². The van der Waals surface area contributed by atoms with Gasteiger partial charge in [0.25, 0.3) is 0 Å². The number of likely N-dealkylation sites (N-methyl/N-ethyl adjacent to an activating group) is 1. The highest BCUT2D eigenvalue weighted by molar-refractivity contribution is 7.05. The van der Waals surface area contributed by atoms with Crippen molar-refractivity contribution >= 4 is 11.5 Å². The summed E-state index contributed by atoms with van der Waals surface area (Å²) >= 11 is 1.48. The van der Waals surface area contributed by atoms with Gasteiger partial charge in [-0.3, -0.25) is 4.68 Å². The van der Waals surface area contributed by atoms with Crippen LogP contribution >= 0.6 is 11.5 Å². The summed E-state index contributed by atoms with van der Waals surface area (Å²) in [6.45, 7) is 8.20. The Morgan fingerprint density at radius 1 is 1.35 bits per heavy atom. The number of aryl methyl sites for hydroxylation is 2. The van der Waals surface area contributed by atoms with Gasteiger partial charge in [-0.15, -0.1) is 5.10 Å². The van der Waals surface area contributed by atoms with Crippen LogP contribution in [0, 0.1) is 0 Å². The largest absolute Gasteiger partial charge is 0.309 e. The van der Waals surface area contributed by atoms with E-state index in [4.69, 9.17) is 0 Å². The third-order valence-electron chi connectivity index (χ3n) is 3.20. The fourth-order valence-electron chi connectivity index (χ4n) is 2.26. The van der Waals surface area contributed by atoms with E-state index >= 15 is 0 Å². The van der Waals surface area contributed by atoms with Crippen LogP contribution in [-0.2, 0) is 19.4 Å². The third-order valence-corrected chi connectivity index (χ3v) is 4.09. The van der Waals surface area contributed by atoms with Gasteiger partial charge >= 0.3 is 0 Å². The van der Waals surface area contributed by atoms with Crippen LogP contribution in [0.5, 0.6) is 0 Å². The van der Waals surface area contributed by atoms with Crippen molar-refractivity contribution in [1.29, 1.82) is 0 Å². The number of hydrogen-bond donors (Lipinski definition) is 1. The SMILES string of the molecule is CCCn1ncnc1CC(NCC)c1snnc1CC. The lowest BCUT2D eigenvalue weighted by Crippen LogP contribution is -2.24. The molecular weight excluding hydrogens is 272 g/mol. The van der Waals surface area contributed by atoms with Crippen molar-refractivity contribution in [1.82, 2.24) is 29.7 Å². The molecule has 0 aliphatic carbocycles. The van der Waals surface area contributed by atoms with Gasteiger partial charge < -0.3 is 5.32 Å². The van der Waals surface area contributed by atoms with Crippen molar-refractivity contribution in [2.45, 2.75) is 52.6 Å². The van der Waals surface area contributed by atoms with Gasteiger partial charge in [0.1, 0.15) is 12.2 Å². The zero-order valence-electron chi connectivity index (χ0n) is 12.3. The van der Waals surface area contributed by atoms with E-state index in [9.17, 15) is 0 Å². The van der Waals surface area contributed by atoms with E-state index in [0.717, 1.165) is 43.9 Å². The van der Waals surface area contributed by atoms with Crippen molar-refractivity contribution in [3.8, 4) is 0 Å². The van der Waals surface area contributed by atoms with Gasteiger partial charge in [-0.05, 0) is 30.9 Å². The Balaban J connectivity index is 2.19. The van der Waals surface area contributed by atoms with Gasteiger partial charge in [-0.25, -0.2) is 4.98 Å². The minimum atomic E-state index is 0.217. The Morgan fingerprint density at radius 3 is 2.90 bits per heavy atom. The molecule has 1 N–H and O–H groups in total. The van der Waals surface area contributed by atoms with Gasteiger partial charge in [0.05, 0.1) is 16.6 Å². The molecule has 2 rings (SSSR count). The molecule has 2 aromatic heterocycles. The van der Waals surface area contributed by atoms with Crippen LogP contribution in [0.4, 0.5) is 0 Å². The fourth-order valence-corrected chi connectivity index (χ4v) is 3.07. The molecule has 0 saturated heterocycles. The van der Waals surface area contributed by atoms with Crippen molar-refractivity contribution in [2.75, 3.05) is 6.54 Å². The van der Waals surface area contributed by atoms with Gasteiger partial charge in [0.2, 0.25) is 0 Å². The average molecular weight is 294 g/mol. The second kappa shape index (κ2) is 7.44. The first kappa shape index (κ1) is 15.1. The second-order valence-corrected chi connectivity index (χ2v) is 5.44. The lowest BCUT2D eigenvalue weighted by Gasteiger charge is -2.16. The zero-order chi connectivity index (χ0) is 14.4. The van der Waals surface area contributed by atoms with Gasteiger partial charge in [-0.2, -0.15) is 5.10 Å². The molecule has 2 heterocycles. The quantitative estimate of drug-likeness (QED) is 0.806. The van der Waals surface area contributed by atoms with Gasteiger partial charge in [0, 0.05) is 13.0 Å². The monoisotopic (exact) mass is 294 g/mol. The van der Waals surface area contributed by atoms with Crippen molar-refractivity contribution in [2.24, 2.45) is 0 Å². The van der Waals surface area contributed by atoms with E-state index in [1.165, 1.54) is 16.4 Å². The Bertz CT molecular complexity index is 520. The van der Waals surface area contributed by atoms with Crippen LogP contribution in [0.15, 0.2) is 6.33 Å². The van der Waals surface area contributed by atoms with E-state index < -0.39 is 0 Å². The summed E-state index contributed by atoms with van der Waals surface area (Å²) in [5.74, 6) is 1.02. The minimum absolute atomic E-state index is 0.217. The lowest BCUT2D eigenvalue weighted by molar-refractivity contribution is 0.501. The molecular formula is C13H22N6S. The summed E-state index contributed by atoms with van der Waals surface area (Å²) in [4.78, 5) is 5.62. The summed E-state index contributed by atoms with van der Waals surface area (Å²) in [6, 6.07) is 0.217. The van der Waals surface area contributed by atoms with Crippen LogP contribution < -0.4 is 5.32 Å². The molecule has 1 unspecified atom stereocenters. The predicted molar refractivity (Wildman–Crippen MR) is 79.7 cm³/mol. The molecule has 2 aromatic rings. The first-order chi connectivity index (χ1) is 9.80. The molecule has 0 saturated carbocycles. The molecule has 0 aliphatic heterocycles. The van der Waals surface area contributed by atoms with Crippen LogP contribution in [-0.4, -0.2) is 30.9 Å². The molecule has 0 aromatic carbocycles. The van der Waals surface area contributed by atoms with Crippen LogP contribution in [0.2, 0.25) is 0 Å². The molecule has 7 heteroatoms. The summed E-state index contributed by atoms with van der Waals surface area (Å²) in [5, 5.41) is 12.0. The number of aromatic nitrogens is 5. The predicted octanol–water partition coefficient (Wildman–Crippen LogP) is 2.00. The second-order valence-electron chi connectivity index (χ2n) is 4.65. The molecule has 6 nitrogen and oxygen atoms in total. The molecule has 110 valence electrons. The first-order valence-corrected chi connectivity index (χ1v) is 7.98. The van der Waals surface area contributed by atoms with Crippen molar-refractivity contribution in [3.05, 3.63) is 22.7 Å². The van der Waals surface area contributed by atoms with Crippen molar-refractivity contribution < 1.29 is 0 Å². The Morgan fingerprint density at radius 2 is 2.20 bits per heavy atom. The smallest absolute Gasteiger partial charge is 0.138 e. The molecule has 0 radical (unpaired) electrons. The lowest BCUT2D eigenvalue weighted by atomic mass is 10.1. The summed E-state index contributed by atoms with van der Waals surface area (Å²) in [7, 11) is 0. The normalized spacial score (nSPS) is 12.8. The molecule has 20 heavy (non-hydrogen) atoms. The molecule has 0 spiro atoms. The highest BCUT2D eigenvalue weighted by Gasteiger charge is 2.20. The number of hydrogen-bond acceptors (Lipinski definition) is 6. The highest BCUT2D eigenvalue weighted by Crippen LogP contribution is 2.24. The van der Waals surface area contributed by atoms with E-state index in [0.29, 0.717) is 0 Å². The van der Waals surface area contributed by atoms with Crippen LogP contribution in [0.3, 0.4) is 0 Å².